The maximum Gasteiger partial charge on any atom is 0.218 e. The van der Waals surface area contributed by atoms with Crippen LogP contribution in [0.5, 0.6) is 0 Å². The van der Waals surface area contributed by atoms with Gasteiger partial charge in [0.25, 0.3) is 0 Å². The van der Waals surface area contributed by atoms with Gasteiger partial charge in [0.05, 0.1) is 5.75 Å². The first-order valence-corrected chi connectivity index (χ1v) is 8.48. The summed E-state index contributed by atoms with van der Waals surface area (Å²) >= 11 is 0. The number of nitrogen functional groups attached to an aromatic ring is 1. The molecule has 0 spiro atoms. The zero-order chi connectivity index (χ0) is 14.8. The lowest BCUT2D eigenvalue weighted by Gasteiger charge is -2.35. The molecule has 2 rings (SSSR count). The van der Waals surface area contributed by atoms with Crippen LogP contribution in [0.2, 0.25) is 0 Å². The summed E-state index contributed by atoms with van der Waals surface area (Å²) in [6.07, 6.45) is 1.96. The number of para-hydroxylation sites is 1. The minimum Gasteiger partial charge on any atom is -0.398 e. The number of hydrogen-bond acceptors (Lipinski definition) is 4. The maximum absolute atomic E-state index is 12.5. The van der Waals surface area contributed by atoms with E-state index < -0.39 is 10.0 Å². The second-order valence-electron chi connectivity index (χ2n) is 5.57. The van der Waals surface area contributed by atoms with Crippen molar-refractivity contribution in [2.24, 2.45) is 0 Å². The van der Waals surface area contributed by atoms with Gasteiger partial charge in [-0.25, -0.2) is 12.7 Å². The summed E-state index contributed by atoms with van der Waals surface area (Å²) in [4.78, 5) is 2.10. The molecule has 0 bridgehead atoms. The first-order valence-electron chi connectivity index (χ1n) is 6.88. The quantitative estimate of drug-likeness (QED) is 0.846. The summed E-state index contributed by atoms with van der Waals surface area (Å²) in [7, 11) is 0.693. The first-order chi connectivity index (χ1) is 9.40. The van der Waals surface area contributed by atoms with E-state index in [0.717, 1.165) is 12.8 Å². The van der Waals surface area contributed by atoms with Gasteiger partial charge >= 0.3 is 0 Å². The summed E-state index contributed by atoms with van der Waals surface area (Å²) in [5.74, 6) is -0.0141. The van der Waals surface area contributed by atoms with Crippen LogP contribution in [0.1, 0.15) is 18.4 Å². The fourth-order valence-electron chi connectivity index (χ4n) is 2.55. The van der Waals surface area contributed by atoms with Crippen LogP contribution < -0.4 is 5.73 Å². The molecule has 1 heterocycles. The van der Waals surface area contributed by atoms with Crippen molar-refractivity contribution in [3.63, 3.8) is 0 Å². The van der Waals surface area contributed by atoms with Crippen LogP contribution in [0.25, 0.3) is 0 Å². The Morgan fingerprint density at radius 3 is 2.70 bits per heavy atom. The lowest BCUT2D eigenvalue weighted by Crippen LogP contribution is -2.47. The predicted molar refractivity (Wildman–Crippen MR) is 81.8 cm³/mol. The molecule has 1 fully saturated rings. The third-order valence-corrected chi connectivity index (χ3v) is 5.67. The maximum atomic E-state index is 12.5. The average molecular weight is 297 g/mol. The first kappa shape index (κ1) is 15.3. The molecule has 20 heavy (non-hydrogen) atoms. The van der Waals surface area contributed by atoms with E-state index in [-0.39, 0.29) is 5.75 Å². The highest BCUT2D eigenvalue weighted by atomic mass is 32.2. The van der Waals surface area contributed by atoms with E-state index in [1.165, 1.54) is 0 Å². The summed E-state index contributed by atoms with van der Waals surface area (Å²) in [5.41, 5.74) is 7.06. The highest BCUT2D eigenvalue weighted by Crippen LogP contribution is 2.21. The number of rotatable bonds is 4. The van der Waals surface area contributed by atoms with Crippen molar-refractivity contribution < 1.29 is 8.42 Å². The number of hydrogen-bond donors (Lipinski definition) is 1. The van der Waals surface area contributed by atoms with Crippen LogP contribution in [-0.4, -0.2) is 50.8 Å². The Morgan fingerprint density at radius 2 is 2.05 bits per heavy atom. The zero-order valence-corrected chi connectivity index (χ0v) is 12.9. The molecule has 1 atom stereocenters. The third-order valence-electron chi connectivity index (χ3n) is 3.88. The number of sulfonamides is 1. The third kappa shape index (κ3) is 3.50. The molecule has 1 aromatic carbocycles. The van der Waals surface area contributed by atoms with Gasteiger partial charge in [0.1, 0.15) is 0 Å². The Labute approximate surface area is 121 Å². The summed E-state index contributed by atoms with van der Waals surface area (Å²) < 4.78 is 26.7. The van der Waals surface area contributed by atoms with E-state index in [9.17, 15) is 8.42 Å². The van der Waals surface area contributed by atoms with Crippen molar-refractivity contribution in [2.45, 2.75) is 24.6 Å². The molecule has 0 saturated carbocycles. The topological polar surface area (TPSA) is 66.6 Å². The average Bonchev–Trinajstić information content (AvgIpc) is 2.41. The molecule has 1 saturated heterocycles. The number of nitrogens with two attached hydrogens (primary N) is 1. The lowest BCUT2D eigenvalue weighted by atomic mass is 10.1. The normalized spacial score (nSPS) is 21.2. The van der Waals surface area contributed by atoms with Crippen LogP contribution in [0.15, 0.2) is 24.3 Å². The predicted octanol–water partition coefficient (Wildman–Crippen LogP) is 1.12. The fraction of sp³-hybridized carbons (Fsp3) is 0.571. The van der Waals surface area contributed by atoms with Crippen LogP contribution in [0, 0.1) is 0 Å². The Kier molecular flexibility index (Phi) is 4.67. The van der Waals surface area contributed by atoms with Crippen molar-refractivity contribution in [2.75, 3.05) is 32.9 Å². The van der Waals surface area contributed by atoms with Gasteiger partial charge in [-0.1, -0.05) is 18.2 Å². The van der Waals surface area contributed by atoms with Crippen molar-refractivity contribution in [1.29, 1.82) is 0 Å². The highest BCUT2D eigenvalue weighted by molar-refractivity contribution is 7.88. The largest absolute Gasteiger partial charge is 0.398 e. The molecule has 1 aromatic rings. The lowest BCUT2D eigenvalue weighted by molar-refractivity contribution is 0.190. The molecule has 0 radical (unpaired) electrons. The van der Waals surface area contributed by atoms with Gasteiger partial charge in [0, 0.05) is 24.8 Å². The molecule has 0 aromatic heterocycles. The van der Waals surface area contributed by atoms with E-state index >= 15 is 0 Å². The molecule has 2 N–H and O–H groups in total. The monoisotopic (exact) mass is 297 g/mol. The summed E-state index contributed by atoms with van der Waals surface area (Å²) in [6.45, 7) is 1.18. The number of nitrogens with zero attached hydrogens (tertiary/aromatic N) is 2. The highest BCUT2D eigenvalue weighted by Gasteiger charge is 2.30. The van der Waals surface area contributed by atoms with Crippen LogP contribution in [0.3, 0.4) is 0 Å². The van der Waals surface area contributed by atoms with Crippen LogP contribution in [-0.2, 0) is 15.8 Å². The minimum absolute atomic E-state index is 0.0141. The Morgan fingerprint density at radius 1 is 1.35 bits per heavy atom. The molecule has 1 unspecified atom stereocenters. The van der Waals surface area contributed by atoms with Crippen LogP contribution >= 0.6 is 0 Å². The second-order valence-corrected chi connectivity index (χ2v) is 7.54. The number of benzene rings is 1. The molecular formula is C14H23N3O2S. The summed E-state index contributed by atoms with van der Waals surface area (Å²) in [6, 6.07) is 7.45. The van der Waals surface area contributed by atoms with Crippen molar-refractivity contribution in [1.82, 2.24) is 9.21 Å². The molecule has 1 aliphatic rings. The molecule has 1 aliphatic heterocycles. The smallest absolute Gasteiger partial charge is 0.218 e. The van der Waals surface area contributed by atoms with Crippen molar-refractivity contribution in [3.8, 4) is 0 Å². The second kappa shape index (κ2) is 6.11. The fourth-order valence-corrected chi connectivity index (χ4v) is 4.19. The van der Waals surface area contributed by atoms with Gasteiger partial charge in [-0.15, -0.1) is 0 Å². The van der Waals surface area contributed by atoms with E-state index in [4.69, 9.17) is 5.73 Å². The molecular weight excluding hydrogens is 274 g/mol. The van der Waals surface area contributed by atoms with E-state index in [1.54, 1.807) is 16.4 Å². The van der Waals surface area contributed by atoms with Gasteiger partial charge in [0.2, 0.25) is 10.0 Å². The Hall–Kier alpha value is -1.11. The van der Waals surface area contributed by atoms with E-state index in [2.05, 4.69) is 4.90 Å². The van der Waals surface area contributed by atoms with Gasteiger partial charge in [0.15, 0.2) is 0 Å². The molecule has 0 amide bonds. The van der Waals surface area contributed by atoms with Gasteiger partial charge in [-0.3, -0.25) is 0 Å². The Balaban J connectivity index is 2.12. The molecule has 6 heteroatoms. The SMILES string of the molecule is CN(C)C1CCCN(S(=O)(=O)Cc2ccccc2N)C1. The Bertz CT molecular complexity index is 557. The van der Waals surface area contributed by atoms with Gasteiger partial charge in [-0.2, -0.15) is 0 Å². The van der Waals surface area contributed by atoms with Crippen molar-refractivity contribution in [3.05, 3.63) is 29.8 Å². The molecule has 5 nitrogen and oxygen atoms in total. The molecule has 112 valence electrons. The van der Waals surface area contributed by atoms with Crippen LogP contribution in [0.4, 0.5) is 5.69 Å². The molecule has 0 aliphatic carbocycles. The summed E-state index contributed by atoms with van der Waals surface area (Å²) in [5, 5.41) is 0. The zero-order valence-electron chi connectivity index (χ0n) is 12.1. The standard InChI is InChI=1S/C14H23N3O2S/c1-16(2)13-7-5-9-17(10-13)20(18,19)11-12-6-3-4-8-14(12)15/h3-4,6,8,13H,5,7,9-11,15H2,1-2H3. The van der Waals surface area contributed by atoms with Crippen molar-refractivity contribution >= 4 is 15.7 Å². The van der Waals surface area contributed by atoms with E-state index in [0.29, 0.717) is 30.4 Å². The number of piperidine rings is 1. The van der Waals surface area contributed by atoms with E-state index in [1.807, 2.05) is 26.2 Å². The number of anilines is 1. The number of likely N-dealkylation sites (N-methyl/N-ethyl adjacent to an activating group) is 1. The van der Waals surface area contributed by atoms with Gasteiger partial charge < -0.3 is 10.6 Å². The minimum atomic E-state index is -3.30. The van der Waals surface area contributed by atoms with Gasteiger partial charge in [-0.05, 0) is 38.6 Å².